The van der Waals surface area contributed by atoms with Gasteiger partial charge in [0, 0.05) is 19.7 Å². The van der Waals surface area contributed by atoms with Gasteiger partial charge in [0.05, 0.1) is 28.0 Å². The number of hydrogen-bond acceptors (Lipinski definition) is 4. The maximum atomic E-state index is 12.4. The van der Waals surface area contributed by atoms with Gasteiger partial charge in [0.15, 0.2) is 0 Å². The first-order chi connectivity index (χ1) is 10.1. The lowest BCUT2D eigenvalue weighted by Gasteiger charge is -2.31. The number of carbonyl (C=O) groups is 1. The predicted octanol–water partition coefficient (Wildman–Crippen LogP) is 3.48. The molecule has 1 amide bonds. The zero-order valence-corrected chi connectivity index (χ0v) is 15.0. The van der Waals surface area contributed by atoms with Crippen molar-refractivity contribution in [3.05, 3.63) is 20.3 Å². The number of rotatable bonds is 6. The van der Waals surface area contributed by atoms with Gasteiger partial charge in [0.1, 0.15) is 0 Å². The number of nitrogens with zero attached hydrogens (tertiary/aromatic N) is 1. The molecule has 1 aliphatic rings. The topological polar surface area (TPSA) is 38.8 Å². The molecule has 118 valence electrons. The number of halogens is 1. The SMILES string of the molecule is CCOCCOC1CCN(C(=O)c2cc(C)c(Br)s2)CC1. The summed E-state index contributed by atoms with van der Waals surface area (Å²) in [7, 11) is 0. The monoisotopic (exact) mass is 375 g/mol. The van der Waals surface area contributed by atoms with Crippen LogP contribution in [-0.4, -0.2) is 49.8 Å². The van der Waals surface area contributed by atoms with E-state index in [1.54, 1.807) is 0 Å². The Balaban J connectivity index is 1.77. The van der Waals surface area contributed by atoms with E-state index in [-0.39, 0.29) is 12.0 Å². The van der Waals surface area contributed by atoms with Crippen molar-refractivity contribution in [2.45, 2.75) is 32.8 Å². The second-order valence-electron chi connectivity index (χ2n) is 5.13. The molecule has 0 aromatic carbocycles. The van der Waals surface area contributed by atoms with Crippen LogP contribution in [-0.2, 0) is 9.47 Å². The fraction of sp³-hybridized carbons (Fsp3) is 0.667. The summed E-state index contributed by atoms with van der Waals surface area (Å²) in [6.07, 6.45) is 2.07. The summed E-state index contributed by atoms with van der Waals surface area (Å²) in [6.45, 7) is 7.55. The molecule has 2 heterocycles. The van der Waals surface area contributed by atoms with Crippen LogP contribution in [0.2, 0.25) is 0 Å². The summed E-state index contributed by atoms with van der Waals surface area (Å²) in [5.74, 6) is 0.140. The van der Waals surface area contributed by atoms with Gasteiger partial charge in [0.25, 0.3) is 5.91 Å². The minimum Gasteiger partial charge on any atom is -0.379 e. The van der Waals surface area contributed by atoms with Crippen molar-refractivity contribution in [1.82, 2.24) is 4.90 Å². The highest BCUT2D eigenvalue weighted by molar-refractivity contribution is 9.11. The number of likely N-dealkylation sites (tertiary alicyclic amines) is 1. The van der Waals surface area contributed by atoms with Crippen molar-refractivity contribution in [3.8, 4) is 0 Å². The van der Waals surface area contributed by atoms with Crippen molar-refractivity contribution in [2.24, 2.45) is 0 Å². The van der Waals surface area contributed by atoms with Crippen molar-refractivity contribution in [2.75, 3.05) is 32.9 Å². The molecule has 1 aliphatic heterocycles. The van der Waals surface area contributed by atoms with Gasteiger partial charge in [-0.25, -0.2) is 0 Å². The normalized spacial score (nSPS) is 16.4. The maximum Gasteiger partial charge on any atom is 0.263 e. The zero-order valence-electron chi connectivity index (χ0n) is 12.6. The summed E-state index contributed by atoms with van der Waals surface area (Å²) < 4.78 is 12.1. The van der Waals surface area contributed by atoms with E-state index in [0.717, 1.165) is 46.8 Å². The van der Waals surface area contributed by atoms with Crippen molar-refractivity contribution in [1.29, 1.82) is 0 Å². The molecule has 2 rings (SSSR count). The molecule has 6 heteroatoms. The van der Waals surface area contributed by atoms with E-state index < -0.39 is 0 Å². The third kappa shape index (κ3) is 4.77. The molecule has 0 spiro atoms. The quantitative estimate of drug-likeness (QED) is 0.714. The Morgan fingerprint density at radius 1 is 1.43 bits per heavy atom. The Morgan fingerprint density at radius 2 is 2.14 bits per heavy atom. The van der Waals surface area contributed by atoms with Gasteiger partial charge >= 0.3 is 0 Å². The maximum absolute atomic E-state index is 12.4. The minimum absolute atomic E-state index is 0.140. The third-order valence-corrected chi connectivity index (χ3v) is 5.71. The van der Waals surface area contributed by atoms with Gasteiger partial charge in [-0.2, -0.15) is 0 Å². The Hall–Kier alpha value is -0.430. The van der Waals surface area contributed by atoms with Crippen LogP contribution in [0.3, 0.4) is 0 Å². The predicted molar refractivity (Wildman–Crippen MR) is 88.1 cm³/mol. The van der Waals surface area contributed by atoms with Crippen molar-refractivity contribution >= 4 is 33.2 Å². The van der Waals surface area contributed by atoms with E-state index in [1.807, 2.05) is 24.8 Å². The van der Waals surface area contributed by atoms with Crippen LogP contribution in [0.4, 0.5) is 0 Å². The fourth-order valence-corrected chi connectivity index (χ4v) is 3.87. The first kappa shape index (κ1) is 16.9. The molecule has 0 aliphatic carbocycles. The van der Waals surface area contributed by atoms with Crippen LogP contribution in [0.5, 0.6) is 0 Å². The molecule has 0 N–H and O–H groups in total. The third-order valence-electron chi connectivity index (χ3n) is 3.58. The Labute approximate surface area is 138 Å². The average Bonchev–Trinajstić information content (AvgIpc) is 2.83. The molecule has 21 heavy (non-hydrogen) atoms. The van der Waals surface area contributed by atoms with Gasteiger partial charge in [-0.3, -0.25) is 4.79 Å². The first-order valence-corrected chi connectivity index (χ1v) is 8.97. The molecule has 1 saturated heterocycles. The molecule has 0 bridgehead atoms. The molecule has 1 aromatic rings. The molecular formula is C15H22BrNO3S. The summed E-state index contributed by atoms with van der Waals surface area (Å²) in [6, 6.07) is 1.96. The molecule has 4 nitrogen and oxygen atoms in total. The average molecular weight is 376 g/mol. The summed E-state index contributed by atoms with van der Waals surface area (Å²) in [5.41, 5.74) is 1.12. The van der Waals surface area contributed by atoms with E-state index in [4.69, 9.17) is 9.47 Å². The largest absolute Gasteiger partial charge is 0.379 e. The fourth-order valence-electron chi connectivity index (χ4n) is 2.36. The van der Waals surface area contributed by atoms with Crippen LogP contribution in [0.25, 0.3) is 0 Å². The second kappa shape index (κ2) is 8.27. The molecule has 1 aromatic heterocycles. The molecule has 1 fully saturated rings. The number of carbonyl (C=O) groups excluding carboxylic acids is 1. The molecular weight excluding hydrogens is 354 g/mol. The highest BCUT2D eigenvalue weighted by atomic mass is 79.9. The summed E-state index contributed by atoms with van der Waals surface area (Å²) in [4.78, 5) is 15.2. The van der Waals surface area contributed by atoms with E-state index in [9.17, 15) is 4.79 Å². The van der Waals surface area contributed by atoms with Crippen LogP contribution < -0.4 is 0 Å². The van der Waals surface area contributed by atoms with Gasteiger partial charge < -0.3 is 14.4 Å². The first-order valence-electron chi connectivity index (χ1n) is 7.36. The van der Waals surface area contributed by atoms with E-state index in [2.05, 4.69) is 15.9 Å². The van der Waals surface area contributed by atoms with Crippen LogP contribution in [0, 0.1) is 6.92 Å². The van der Waals surface area contributed by atoms with Crippen LogP contribution >= 0.6 is 27.3 Å². The lowest BCUT2D eigenvalue weighted by atomic mass is 10.1. The smallest absolute Gasteiger partial charge is 0.263 e. The minimum atomic E-state index is 0.140. The molecule has 0 radical (unpaired) electrons. The number of hydrogen-bond donors (Lipinski definition) is 0. The Bertz CT molecular complexity index is 450. The van der Waals surface area contributed by atoms with Gasteiger partial charge in [-0.15, -0.1) is 11.3 Å². The molecule has 0 unspecified atom stereocenters. The zero-order chi connectivity index (χ0) is 15.2. The molecule has 0 atom stereocenters. The molecule has 0 saturated carbocycles. The Morgan fingerprint density at radius 3 is 2.71 bits per heavy atom. The van der Waals surface area contributed by atoms with Crippen LogP contribution in [0.1, 0.15) is 35.0 Å². The van der Waals surface area contributed by atoms with E-state index in [1.165, 1.54) is 11.3 Å². The second-order valence-corrected chi connectivity index (χ2v) is 7.50. The van der Waals surface area contributed by atoms with Crippen molar-refractivity contribution in [3.63, 3.8) is 0 Å². The van der Waals surface area contributed by atoms with Gasteiger partial charge in [0.2, 0.25) is 0 Å². The van der Waals surface area contributed by atoms with Gasteiger partial charge in [-0.05, 0) is 54.2 Å². The standard InChI is InChI=1S/C15H22BrNO3S/c1-3-19-8-9-20-12-4-6-17(7-5-12)15(18)13-10-11(2)14(16)21-13/h10,12H,3-9H2,1-2H3. The van der Waals surface area contributed by atoms with E-state index in [0.29, 0.717) is 13.2 Å². The number of thiophene rings is 1. The number of amides is 1. The summed E-state index contributed by atoms with van der Waals surface area (Å²) >= 11 is 4.99. The van der Waals surface area contributed by atoms with Crippen molar-refractivity contribution < 1.29 is 14.3 Å². The van der Waals surface area contributed by atoms with Crippen LogP contribution in [0.15, 0.2) is 9.85 Å². The highest BCUT2D eigenvalue weighted by Crippen LogP contribution is 2.29. The number of aryl methyl sites for hydroxylation is 1. The summed E-state index contributed by atoms with van der Waals surface area (Å²) in [5, 5.41) is 0. The Kier molecular flexibility index (Phi) is 6.67. The lowest BCUT2D eigenvalue weighted by molar-refractivity contribution is -0.0182. The number of ether oxygens (including phenoxy) is 2. The lowest BCUT2D eigenvalue weighted by Crippen LogP contribution is -2.40. The van der Waals surface area contributed by atoms with E-state index >= 15 is 0 Å². The number of piperidine rings is 1. The van der Waals surface area contributed by atoms with Gasteiger partial charge in [-0.1, -0.05) is 0 Å². The highest BCUT2D eigenvalue weighted by Gasteiger charge is 2.25.